The van der Waals surface area contributed by atoms with Crippen molar-refractivity contribution in [2.45, 2.75) is 17.7 Å². The second-order valence-electron chi connectivity index (χ2n) is 4.72. The Morgan fingerprint density at radius 2 is 2.26 bits per heavy atom. The highest BCUT2D eigenvalue weighted by molar-refractivity contribution is 5.87. The fourth-order valence-electron chi connectivity index (χ4n) is 2.54. The van der Waals surface area contributed by atoms with Gasteiger partial charge in [-0.1, -0.05) is 0 Å². The van der Waals surface area contributed by atoms with Gasteiger partial charge in [-0.3, -0.25) is 0 Å². The van der Waals surface area contributed by atoms with Crippen molar-refractivity contribution in [1.82, 2.24) is 20.3 Å². The first-order valence-corrected chi connectivity index (χ1v) is 5.90. The molecule has 7 N–H and O–H groups in total. The van der Waals surface area contributed by atoms with Gasteiger partial charge >= 0.3 is 0 Å². The number of hydrogen-bond donors (Lipinski definition) is 6. The molecule has 0 radical (unpaired) electrons. The van der Waals surface area contributed by atoms with E-state index in [2.05, 4.69) is 20.3 Å². The van der Waals surface area contributed by atoms with Crippen LogP contribution in [0.1, 0.15) is 5.56 Å². The number of nitrogens with one attached hydrogen (secondary N) is 2. The standard InChI is InChI=1S/C11H15N5O3/c12-10-8-7(15-4-16-10)5(1-13-8)11(19)3-14-6(2-17)9(11)18/h1,4,6,9,13-14,17-19H,2-3H2,(H2,12,15,16)/t6-,9?,11?/m1/s1. The summed E-state index contributed by atoms with van der Waals surface area (Å²) in [6.45, 7) is -0.140. The summed E-state index contributed by atoms with van der Waals surface area (Å²) in [4.78, 5) is 10.8. The molecule has 1 saturated heterocycles. The van der Waals surface area contributed by atoms with Gasteiger partial charge in [-0.15, -0.1) is 0 Å². The molecule has 0 bridgehead atoms. The van der Waals surface area contributed by atoms with Gasteiger partial charge in [0.25, 0.3) is 0 Å². The van der Waals surface area contributed by atoms with Crippen LogP contribution < -0.4 is 11.1 Å². The molecular formula is C11H15N5O3. The summed E-state index contributed by atoms with van der Waals surface area (Å²) in [5.41, 5.74) is 5.62. The third-order valence-electron chi connectivity index (χ3n) is 3.66. The first kappa shape index (κ1) is 12.3. The molecule has 102 valence electrons. The molecule has 1 aliphatic heterocycles. The summed E-state index contributed by atoms with van der Waals surface area (Å²) in [5, 5.41) is 32.8. The number of H-pyrrole nitrogens is 1. The highest BCUT2D eigenvalue weighted by Crippen LogP contribution is 2.35. The Hall–Kier alpha value is -1.74. The Balaban J connectivity index is 2.12. The van der Waals surface area contributed by atoms with Crippen LogP contribution in [0.3, 0.4) is 0 Å². The third kappa shape index (κ3) is 1.61. The fraction of sp³-hybridized carbons (Fsp3) is 0.455. The number of nitrogen functional groups attached to an aromatic ring is 1. The summed E-state index contributed by atoms with van der Waals surface area (Å²) >= 11 is 0. The number of anilines is 1. The smallest absolute Gasteiger partial charge is 0.151 e. The van der Waals surface area contributed by atoms with Gasteiger partial charge in [0, 0.05) is 18.3 Å². The molecule has 0 spiro atoms. The number of hydrogen-bond acceptors (Lipinski definition) is 7. The predicted molar refractivity (Wildman–Crippen MR) is 67.1 cm³/mol. The van der Waals surface area contributed by atoms with E-state index >= 15 is 0 Å². The second kappa shape index (κ2) is 4.14. The lowest BCUT2D eigenvalue weighted by molar-refractivity contribution is -0.0581. The lowest BCUT2D eigenvalue weighted by atomic mass is 9.89. The maximum absolute atomic E-state index is 10.7. The topological polar surface area (TPSA) is 140 Å². The largest absolute Gasteiger partial charge is 0.395 e. The molecule has 3 rings (SSSR count). The molecule has 2 aromatic heterocycles. The SMILES string of the molecule is Nc1ncnc2c(C3(O)CN[C@H](CO)C3O)c[nH]c12. The maximum atomic E-state index is 10.7. The van der Waals surface area contributed by atoms with E-state index in [9.17, 15) is 10.2 Å². The fourth-order valence-corrected chi connectivity index (χ4v) is 2.54. The lowest BCUT2D eigenvalue weighted by Crippen LogP contribution is -2.42. The molecule has 2 unspecified atom stereocenters. The van der Waals surface area contributed by atoms with E-state index in [4.69, 9.17) is 10.8 Å². The van der Waals surface area contributed by atoms with Crippen LogP contribution >= 0.6 is 0 Å². The second-order valence-corrected chi connectivity index (χ2v) is 4.72. The molecular weight excluding hydrogens is 250 g/mol. The van der Waals surface area contributed by atoms with E-state index in [1.165, 1.54) is 6.33 Å². The first-order valence-electron chi connectivity index (χ1n) is 5.90. The van der Waals surface area contributed by atoms with Crippen molar-refractivity contribution in [3.05, 3.63) is 18.1 Å². The van der Waals surface area contributed by atoms with Gasteiger partial charge in [0.1, 0.15) is 23.5 Å². The highest BCUT2D eigenvalue weighted by atomic mass is 16.3. The van der Waals surface area contributed by atoms with Crippen molar-refractivity contribution in [3.63, 3.8) is 0 Å². The van der Waals surface area contributed by atoms with Crippen LogP contribution in [-0.2, 0) is 5.60 Å². The molecule has 2 aromatic rings. The number of aliphatic hydroxyl groups excluding tert-OH is 2. The predicted octanol–water partition coefficient (Wildman–Crippen LogP) is -1.95. The van der Waals surface area contributed by atoms with Crippen molar-refractivity contribution in [3.8, 4) is 0 Å². The summed E-state index contributed by atoms with van der Waals surface area (Å²) < 4.78 is 0. The van der Waals surface area contributed by atoms with E-state index in [1.54, 1.807) is 6.20 Å². The van der Waals surface area contributed by atoms with Crippen LogP contribution in [0.5, 0.6) is 0 Å². The van der Waals surface area contributed by atoms with E-state index in [-0.39, 0.29) is 19.0 Å². The minimum Gasteiger partial charge on any atom is -0.395 e. The van der Waals surface area contributed by atoms with Gasteiger partial charge in [-0.2, -0.15) is 0 Å². The molecule has 1 aliphatic rings. The minimum absolute atomic E-state index is 0.121. The average Bonchev–Trinajstić information content (AvgIpc) is 2.95. The van der Waals surface area contributed by atoms with E-state index < -0.39 is 17.7 Å². The number of nitrogens with two attached hydrogens (primary N) is 1. The molecule has 0 saturated carbocycles. The van der Waals surface area contributed by atoms with Crippen LogP contribution in [0.15, 0.2) is 12.5 Å². The van der Waals surface area contributed by atoms with E-state index in [0.717, 1.165) is 0 Å². The highest BCUT2D eigenvalue weighted by Gasteiger charge is 2.49. The van der Waals surface area contributed by atoms with E-state index in [1.807, 2.05) is 0 Å². The van der Waals surface area contributed by atoms with Crippen LogP contribution in [0.25, 0.3) is 11.0 Å². The van der Waals surface area contributed by atoms with Gasteiger partial charge in [-0.25, -0.2) is 9.97 Å². The van der Waals surface area contributed by atoms with Crippen LogP contribution in [0.2, 0.25) is 0 Å². The number of rotatable bonds is 2. The Morgan fingerprint density at radius 1 is 1.47 bits per heavy atom. The van der Waals surface area contributed by atoms with Crippen LogP contribution in [-0.4, -0.2) is 55.6 Å². The van der Waals surface area contributed by atoms with Crippen molar-refractivity contribution in [2.24, 2.45) is 0 Å². The van der Waals surface area contributed by atoms with Gasteiger partial charge in [0.05, 0.1) is 18.2 Å². The average molecular weight is 265 g/mol. The van der Waals surface area contributed by atoms with Crippen molar-refractivity contribution >= 4 is 16.9 Å². The summed E-state index contributed by atoms with van der Waals surface area (Å²) in [6.07, 6.45) is 1.73. The van der Waals surface area contributed by atoms with Crippen LogP contribution in [0, 0.1) is 0 Å². The zero-order valence-corrected chi connectivity index (χ0v) is 10.0. The molecule has 3 heterocycles. The summed E-state index contributed by atoms with van der Waals surface area (Å²) in [5.74, 6) is 0.277. The normalized spacial score (nSPS) is 31.1. The Labute approximate surface area is 108 Å². The molecule has 0 aromatic carbocycles. The summed E-state index contributed by atoms with van der Waals surface area (Å²) in [6, 6.07) is -0.575. The van der Waals surface area contributed by atoms with Gasteiger partial charge in [-0.05, 0) is 0 Å². The third-order valence-corrected chi connectivity index (χ3v) is 3.66. The van der Waals surface area contributed by atoms with Crippen molar-refractivity contribution in [2.75, 3.05) is 18.9 Å². The Bertz CT molecular complexity index is 615. The number of aromatic amines is 1. The van der Waals surface area contributed by atoms with Crippen molar-refractivity contribution in [1.29, 1.82) is 0 Å². The molecule has 8 heteroatoms. The lowest BCUT2D eigenvalue weighted by Gasteiger charge is -2.26. The Morgan fingerprint density at radius 3 is 2.95 bits per heavy atom. The zero-order valence-electron chi connectivity index (χ0n) is 10.0. The number of aromatic nitrogens is 3. The van der Waals surface area contributed by atoms with Crippen LogP contribution in [0.4, 0.5) is 5.82 Å². The molecule has 1 fully saturated rings. The zero-order chi connectivity index (χ0) is 13.6. The number of fused-ring (bicyclic) bond motifs is 1. The van der Waals surface area contributed by atoms with Gasteiger partial charge < -0.3 is 31.4 Å². The molecule has 8 nitrogen and oxygen atoms in total. The van der Waals surface area contributed by atoms with E-state index in [0.29, 0.717) is 16.6 Å². The van der Waals surface area contributed by atoms with Gasteiger partial charge in [0.2, 0.25) is 0 Å². The number of β-amino-alcohol motifs (C(OH)–C–C–N with tert-alkyl or cyclic N) is 1. The molecule has 0 amide bonds. The number of nitrogens with zero attached hydrogens (tertiary/aromatic N) is 2. The number of aliphatic hydroxyl groups is 3. The first-order chi connectivity index (χ1) is 9.08. The summed E-state index contributed by atoms with van der Waals surface area (Å²) in [7, 11) is 0. The quantitative estimate of drug-likeness (QED) is 0.371. The molecule has 19 heavy (non-hydrogen) atoms. The molecule has 0 aliphatic carbocycles. The maximum Gasteiger partial charge on any atom is 0.151 e. The van der Waals surface area contributed by atoms with Gasteiger partial charge in [0.15, 0.2) is 5.82 Å². The Kier molecular flexibility index (Phi) is 2.68. The monoisotopic (exact) mass is 265 g/mol. The molecule has 3 atom stereocenters. The van der Waals surface area contributed by atoms with Crippen molar-refractivity contribution < 1.29 is 15.3 Å². The minimum atomic E-state index is -1.52.